The second-order valence-electron chi connectivity index (χ2n) is 7.14. The average Bonchev–Trinajstić information content (AvgIpc) is 2.83. The van der Waals surface area contributed by atoms with Crippen LogP contribution in [0.15, 0.2) is 71.4 Å². The number of allylic oxidation sites excluding steroid dienone is 1. The van der Waals surface area contributed by atoms with Crippen LogP contribution >= 0.6 is 0 Å². The normalized spacial score (nSPS) is 15.4. The highest BCUT2D eigenvalue weighted by atomic mass is 16.6. The minimum Gasteiger partial charge on any atom is -0.466 e. The number of non-ortho nitro benzene ring substituents is 1. The predicted octanol–water partition coefficient (Wildman–Crippen LogP) is 3.60. The lowest BCUT2D eigenvalue weighted by molar-refractivity contribution is -0.384. The van der Waals surface area contributed by atoms with Gasteiger partial charge in [0.05, 0.1) is 47.3 Å². The number of nitro groups is 1. The summed E-state index contributed by atoms with van der Waals surface area (Å²) in [5.74, 6) is -2.43. The molecule has 1 atom stereocenters. The summed E-state index contributed by atoms with van der Waals surface area (Å²) in [6.45, 7) is 1.52. The van der Waals surface area contributed by atoms with E-state index in [0.29, 0.717) is 22.5 Å². The molecule has 0 amide bonds. The Balaban J connectivity index is 2.29. The summed E-state index contributed by atoms with van der Waals surface area (Å²) in [5.41, 5.74) is 1.88. The summed E-state index contributed by atoms with van der Waals surface area (Å²) in [6, 6.07) is 16.6. The van der Waals surface area contributed by atoms with E-state index in [0.717, 1.165) is 0 Å². The first kappa shape index (κ1) is 23.2. The number of dihydropyridines is 1. The summed E-state index contributed by atoms with van der Waals surface area (Å²) in [6.07, 6.45) is -0.00663. The standard InChI is InChI=1S/C24H21N3O6/c1-15-19(23(28)32-2)20(17-10-6-11-18(14-17)27(30)31)21(24(29)33-13-7-12-25)22(26-15)16-8-4-3-5-9-16/h3-6,8-11,14,20,26H,7,13H2,1-2H3. The zero-order valence-corrected chi connectivity index (χ0v) is 18.0. The highest BCUT2D eigenvalue weighted by Gasteiger charge is 2.39. The Labute approximate surface area is 190 Å². The number of carbonyl (C=O) groups is 2. The van der Waals surface area contributed by atoms with Gasteiger partial charge in [0.2, 0.25) is 0 Å². The molecule has 9 nitrogen and oxygen atoms in total. The highest BCUT2D eigenvalue weighted by molar-refractivity contribution is 6.05. The van der Waals surface area contributed by atoms with Crippen molar-refractivity contribution in [2.24, 2.45) is 0 Å². The molecule has 1 unspecified atom stereocenters. The first-order valence-electron chi connectivity index (χ1n) is 10.0. The Morgan fingerprint density at radius 1 is 1.12 bits per heavy atom. The van der Waals surface area contributed by atoms with Crippen molar-refractivity contribution in [2.75, 3.05) is 13.7 Å². The van der Waals surface area contributed by atoms with Crippen LogP contribution in [0.1, 0.15) is 30.4 Å². The lowest BCUT2D eigenvalue weighted by Crippen LogP contribution is -2.32. The van der Waals surface area contributed by atoms with Gasteiger partial charge in [-0.25, -0.2) is 9.59 Å². The van der Waals surface area contributed by atoms with E-state index in [-0.39, 0.29) is 29.9 Å². The van der Waals surface area contributed by atoms with E-state index in [1.165, 1.54) is 25.3 Å². The fraction of sp³-hybridized carbons (Fsp3) is 0.208. The van der Waals surface area contributed by atoms with Crippen molar-refractivity contribution in [1.29, 1.82) is 5.26 Å². The topological polar surface area (TPSA) is 132 Å². The molecule has 0 fully saturated rings. The maximum Gasteiger partial charge on any atom is 0.337 e. The summed E-state index contributed by atoms with van der Waals surface area (Å²) < 4.78 is 10.3. The maximum absolute atomic E-state index is 13.3. The first-order valence-corrected chi connectivity index (χ1v) is 10.0. The van der Waals surface area contributed by atoms with E-state index in [9.17, 15) is 19.7 Å². The molecule has 2 aromatic rings. The Morgan fingerprint density at radius 3 is 2.48 bits per heavy atom. The van der Waals surface area contributed by atoms with Crippen LogP contribution in [0.2, 0.25) is 0 Å². The lowest BCUT2D eigenvalue weighted by atomic mass is 9.79. The van der Waals surface area contributed by atoms with Gasteiger partial charge in [-0.15, -0.1) is 0 Å². The molecule has 2 aromatic carbocycles. The zero-order valence-electron chi connectivity index (χ0n) is 18.0. The number of hydrogen-bond acceptors (Lipinski definition) is 8. The third-order valence-corrected chi connectivity index (χ3v) is 5.11. The van der Waals surface area contributed by atoms with Gasteiger partial charge in [0.1, 0.15) is 6.61 Å². The first-order chi connectivity index (χ1) is 15.9. The van der Waals surface area contributed by atoms with Gasteiger partial charge in [-0.1, -0.05) is 42.5 Å². The Bertz CT molecular complexity index is 1190. The van der Waals surface area contributed by atoms with E-state index in [2.05, 4.69) is 5.32 Å². The van der Waals surface area contributed by atoms with Crippen LogP contribution in [0.3, 0.4) is 0 Å². The van der Waals surface area contributed by atoms with Crippen molar-refractivity contribution in [3.8, 4) is 6.07 Å². The zero-order chi connectivity index (χ0) is 24.0. The molecule has 1 N–H and O–H groups in total. The summed E-state index contributed by atoms with van der Waals surface area (Å²) in [5, 5.41) is 23.3. The molecule has 1 aliphatic heterocycles. The number of ether oxygens (including phenoxy) is 2. The molecular weight excluding hydrogens is 426 g/mol. The van der Waals surface area contributed by atoms with E-state index in [4.69, 9.17) is 14.7 Å². The van der Waals surface area contributed by atoms with Crippen LogP contribution in [0.25, 0.3) is 5.70 Å². The molecule has 0 aromatic heterocycles. The largest absolute Gasteiger partial charge is 0.466 e. The van der Waals surface area contributed by atoms with E-state index in [1.54, 1.807) is 37.3 Å². The van der Waals surface area contributed by atoms with Gasteiger partial charge in [0, 0.05) is 17.8 Å². The molecule has 168 valence electrons. The van der Waals surface area contributed by atoms with Gasteiger partial charge in [-0.3, -0.25) is 10.1 Å². The number of hydrogen-bond donors (Lipinski definition) is 1. The van der Waals surface area contributed by atoms with Crippen LogP contribution in [-0.4, -0.2) is 30.6 Å². The van der Waals surface area contributed by atoms with Crippen LogP contribution in [-0.2, 0) is 19.1 Å². The van der Waals surface area contributed by atoms with Gasteiger partial charge in [-0.05, 0) is 18.1 Å². The second kappa shape index (κ2) is 10.2. The summed E-state index contributed by atoms with van der Waals surface area (Å²) >= 11 is 0. The molecular formula is C24H21N3O6. The Kier molecular flexibility index (Phi) is 7.20. The maximum atomic E-state index is 13.3. The van der Waals surface area contributed by atoms with Crippen molar-refractivity contribution in [1.82, 2.24) is 5.32 Å². The van der Waals surface area contributed by atoms with Crippen LogP contribution in [0.4, 0.5) is 5.69 Å². The second-order valence-corrected chi connectivity index (χ2v) is 7.14. The fourth-order valence-corrected chi connectivity index (χ4v) is 3.68. The van der Waals surface area contributed by atoms with Gasteiger partial charge >= 0.3 is 11.9 Å². The molecule has 0 saturated heterocycles. The number of rotatable bonds is 7. The number of nitriles is 1. The molecule has 3 rings (SSSR count). The van der Waals surface area contributed by atoms with Crippen molar-refractivity contribution in [3.05, 3.63) is 92.7 Å². The molecule has 0 radical (unpaired) electrons. The van der Waals surface area contributed by atoms with Crippen LogP contribution in [0, 0.1) is 21.4 Å². The molecule has 33 heavy (non-hydrogen) atoms. The predicted molar refractivity (Wildman–Crippen MR) is 118 cm³/mol. The van der Waals surface area contributed by atoms with Gasteiger partial charge in [0.15, 0.2) is 0 Å². The Morgan fingerprint density at radius 2 is 1.85 bits per heavy atom. The number of nitrogens with zero attached hydrogens (tertiary/aromatic N) is 2. The number of methoxy groups -OCH3 is 1. The summed E-state index contributed by atoms with van der Waals surface area (Å²) in [4.78, 5) is 36.9. The number of esters is 2. The molecule has 0 spiro atoms. The minimum atomic E-state index is -0.997. The smallest absolute Gasteiger partial charge is 0.337 e. The minimum absolute atomic E-state index is 0.00663. The number of nitrogens with one attached hydrogen (secondary N) is 1. The van der Waals surface area contributed by atoms with E-state index < -0.39 is 22.8 Å². The highest BCUT2D eigenvalue weighted by Crippen LogP contribution is 2.42. The molecule has 9 heteroatoms. The fourth-order valence-electron chi connectivity index (χ4n) is 3.68. The van der Waals surface area contributed by atoms with Crippen molar-refractivity contribution in [3.63, 3.8) is 0 Å². The van der Waals surface area contributed by atoms with Crippen LogP contribution in [0.5, 0.6) is 0 Å². The van der Waals surface area contributed by atoms with E-state index in [1.807, 2.05) is 12.1 Å². The average molecular weight is 447 g/mol. The van der Waals surface area contributed by atoms with Gasteiger partial charge < -0.3 is 14.8 Å². The third kappa shape index (κ3) is 4.91. The summed E-state index contributed by atoms with van der Waals surface area (Å²) in [7, 11) is 1.22. The molecule has 1 heterocycles. The lowest BCUT2D eigenvalue weighted by Gasteiger charge is -2.31. The van der Waals surface area contributed by atoms with E-state index >= 15 is 0 Å². The monoisotopic (exact) mass is 447 g/mol. The van der Waals surface area contributed by atoms with Crippen molar-refractivity contribution < 1.29 is 24.0 Å². The third-order valence-electron chi connectivity index (χ3n) is 5.11. The van der Waals surface area contributed by atoms with Gasteiger partial charge in [-0.2, -0.15) is 5.26 Å². The van der Waals surface area contributed by atoms with Crippen molar-refractivity contribution >= 4 is 23.3 Å². The molecule has 0 bridgehead atoms. The number of nitro benzene ring substituents is 1. The molecule has 0 aliphatic carbocycles. The SMILES string of the molecule is COC(=O)C1=C(C)NC(c2ccccc2)=C(C(=O)OCCC#N)C1c1cccc([N+](=O)[O-])c1. The molecule has 0 saturated carbocycles. The molecule has 1 aliphatic rings. The Hall–Kier alpha value is -4.45. The van der Waals surface area contributed by atoms with Gasteiger partial charge in [0.25, 0.3) is 5.69 Å². The number of benzene rings is 2. The number of carbonyl (C=O) groups excluding carboxylic acids is 2. The van der Waals surface area contributed by atoms with Crippen LogP contribution < -0.4 is 5.32 Å². The quantitative estimate of drug-likeness (QED) is 0.295. The van der Waals surface area contributed by atoms with Crippen molar-refractivity contribution in [2.45, 2.75) is 19.3 Å².